The number of alkyl halides is 3. The minimum absolute atomic E-state index is 0.0539. The zero-order chi connectivity index (χ0) is 18.0. The first-order valence-electron chi connectivity index (χ1n) is 7.44. The first kappa shape index (κ1) is 18.6. The third kappa shape index (κ3) is 4.40. The van der Waals surface area contributed by atoms with Gasteiger partial charge in [-0.05, 0) is 43.7 Å². The molecular formula is C15H17F3O5S. The van der Waals surface area contributed by atoms with E-state index in [-0.39, 0.29) is 31.1 Å². The van der Waals surface area contributed by atoms with Crippen LogP contribution >= 0.6 is 0 Å². The lowest BCUT2D eigenvalue weighted by Gasteiger charge is -2.16. The third-order valence-electron chi connectivity index (χ3n) is 3.53. The van der Waals surface area contributed by atoms with E-state index in [9.17, 15) is 26.4 Å². The van der Waals surface area contributed by atoms with E-state index >= 15 is 0 Å². The molecule has 2 rings (SSSR count). The lowest BCUT2D eigenvalue weighted by atomic mass is 9.98. The number of ether oxygens (including phenoxy) is 1. The molecule has 1 fully saturated rings. The van der Waals surface area contributed by atoms with Crippen LogP contribution in [0.2, 0.25) is 0 Å². The Hall–Kier alpha value is -1.77. The molecular weight excluding hydrogens is 349 g/mol. The van der Waals surface area contributed by atoms with Gasteiger partial charge in [-0.2, -0.15) is 21.6 Å². The summed E-state index contributed by atoms with van der Waals surface area (Å²) in [7, 11) is -5.73. The van der Waals surface area contributed by atoms with Crippen molar-refractivity contribution in [1.82, 2.24) is 0 Å². The maximum Gasteiger partial charge on any atom is 0.534 e. The number of carbonyl (C=O) groups is 1. The van der Waals surface area contributed by atoms with Crippen LogP contribution in [0, 0.1) is 0 Å². The number of esters is 1. The highest BCUT2D eigenvalue weighted by Crippen LogP contribution is 2.47. The summed E-state index contributed by atoms with van der Waals surface area (Å²) in [6.07, 6.45) is 1.77. The largest absolute Gasteiger partial charge is 0.534 e. The standard InChI is InChI=1S/C15H17F3O5S/c1-2-22-13(19)9-8-10-4-3-5-12(14(10)11-6-7-11)23-24(20,21)15(16,17)18/h3-5,11H,2,6-9H2,1H3. The van der Waals surface area contributed by atoms with E-state index in [1.165, 1.54) is 12.1 Å². The summed E-state index contributed by atoms with van der Waals surface area (Å²) >= 11 is 0. The summed E-state index contributed by atoms with van der Waals surface area (Å²) in [4.78, 5) is 11.5. The van der Waals surface area contributed by atoms with Crippen LogP contribution in [0.1, 0.15) is 43.2 Å². The Kier molecular flexibility index (Phi) is 5.42. The number of hydrogen-bond donors (Lipinski definition) is 0. The Bertz CT molecular complexity index is 708. The monoisotopic (exact) mass is 366 g/mol. The van der Waals surface area contributed by atoms with Gasteiger partial charge in [0.25, 0.3) is 0 Å². The number of rotatable bonds is 7. The highest BCUT2D eigenvalue weighted by molar-refractivity contribution is 7.88. The Morgan fingerprint density at radius 2 is 1.96 bits per heavy atom. The second-order valence-corrected chi connectivity index (χ2v) is 6.93. The fourth-order valence-corrected chi connectivity index (χ4v) is 2.83. The van der Waals surface area contributed by atoms with Gasteiger partial charge in [0.05, 0.1) is 6.61 Å². The molecule has 1 saturated carbocycles. The van der Waals surface area contributed by atoms with Crippen LogP contribution in [0.5, 0.6) is 5.75 Å². The zero-order valence-electron chi connectivity index (χ0n) is 12.9. The van der Waals surface area contributed by atoms with Crippen LogP contribution in [0.4, 0.5) is 13.2 Å². The van der Waals surface area contributed by atoms with E-state index in [1.54, 1.807) is 13.0 Å². The van der Waals surface area contributed by atoms with Crippen molar-refractivity contribution in [2.24, 2.45) is 0 Å². The van der Waals surface area contributed by atoms with Gasteiger partial charge in [0.2, 0.25) is 0 Å². The quantitative estimate of drug-likeness (QED) is 0.421. The molecule has 0 unspecified atom stereocenters. The molecule has 134 valence electrons. The van der Waals surface area contributed by atoms with Crippen LogP contribution in [0.15, 0.2) is 18.2 Å². The summed E-state index contributed by atoms with van der Waals surface area (Å²) in [6, 6.07) is 4.26. The Balaban J connectivity index is 2.27. The smallest absolute Gasteiger partial charge is 0.466 e. The molecule has 0 bridgehead atoms. The van der Waals surface area contributed by atoms with Gasteiger partial charge in [-0.15, -0.1) is 0 Å². The van der Waals surface area contributed by atoms with Gasteiger partial charge < -0.3 is 8.92 Å². The van der Waals surface area contributed by atoms with Crippen LogP contribution in [-0.4, -0.2) is 26.5 Å². The Morgan fingerprint density at radius 1 is 1.29 bits per heavy atom. The maximum absolute atomic E-state index is 12.5. The van der Waals surface area contributed by atoms with E-state index in [0.717, 1.165) is 12.8 Å². The molecule has 24 heavy (non-hydrogen) atoms. The van der Waals surface area contributed by atoms with Crippen molar-refractivity contribution in [3.05, 3.63) is 29.3 Å². The van der Waals surface area contributed by atoms with Gasteiger partial charge in [0, 0.05) is 12.0 Å². The number of aryl methyl sites for hydroxylation is 1. The van der Waals surface area contributed by atoms with Crippen LogP contribution in [-0.2, 0) is 26.1 Å². The molecule has 0 aliphatic heterocycles. The molecule has 0 heterocycles. The van der Waals surface area contributed by atoms with Crippen LogP contribution < -0.4 is 4.18 Å². The summed E-state index contributed by atoms with van der Waals surface area (Å²) in [5, 5.41) is 0. The van der Waals surface area contributed by atoms with Gasteiger partial charge >= 0.3 is 21.6 Å². The number of carbonyl (C=O) groups excluding carboxylic acids is 1. The number of halogens is 3. The van der Waals surface area contributed by atoms with Crippen molar-refractivity contribution in [3.8, 4) is 5.75 Å². The fraction of sp³-hybridized carbons (Fsp3) is 0.533. The predicted molar refractivity (Wildman–Crippen MR) is 79.0 cm³/mol. The van der Waals surface area contributed by atoms with Crippen molar-refractivity contribution in [2.45, 2.75) is 44.0 Å². The second kappa shape index (κ2) is 7.00. The maximum atomic E-state index is 12.5. The van der Waals surface area contributed by atoms with Gasteiger partial charge in [-0.25, -0.2) is 0 Å². The van der Waals surface area contributed by atoms with E-state index in [2.05, 4.69) is 4.18 Å². The van der Waals surface area contributed by atoms with E-state index < -0.39 is 21.6 Å². The predicted octanol–water partition coefficient (Wildman–Crippen LogP) is 3.29. The Morgan fingerprint density at radius 3 is 2.50 bits per heavy atom. The van der Waals surface area contributed by atoms with Crippen molar-refractivity contribution < 1.29 is 35.3 Å². The lowest BCUT2D eigenvalue weighted by molar-refractivity contribution is -0.143. The molecule has 9 heteroatoms. The van der Waals surface area contributed by atoms with E-state index in [1.807, 2.05) is 0 Å². The topological polar surface area (TPSA) is 69.7 Å². The third-order valence-corrected chi connectivity index (χ3v) is 4.49. The average molecular weight is 366 g/mol. The summed E-state index contributed by atoms with van der Waals surface area (Å²) in [5.74, 6) is -0.800. The number of hydrogen-bond acceptors (Lipinski definition) is 5. The van der Waals surface area contributed by atoms with Crippen molar-refractivity contribution in [1.29, 1.82) is 0 Å². The average Bonchev–Trinajstić information content (AvgIpc) is 3.28. The minimum atomic E-state index is -5.73. The molecule has 0 atom stereocenters. The minimum Gasteiger partial charge on any atom is -0.466 e. The summed E-state index contributed by atoms with van der Waals surface area (Å²) < 4.78 is 69.3. The first-order chi connectivity index (χ1) is 11.2. The molecule has 0 amide bonds. The highest BCUT2D eigenvalue weighted by Gasteiger charge is 2.49. The highest BCUT2D eigenvalue weighted by atomic mass is 32.2. The van der Waals surface area contributed by atoms with Gasteiger partial charge in [-0.3, -0.25) is 4.79 Å². The Labute approximate surface area is 137 Å². The molecule has 0 spiro atoms. The van der Waals surface area contributed by atoms with Crippen molar-refractivity contribution in [3.63, 3.8) is 0 Å². The molecule has 0 saturated heterocycles. The second-order valence-electron chi connectivity index (χ2n) is 5.39. The van der Waals surface area contributed by atoms with Gasteiger partial charge in [0.15, 0.2) is 0 Å². The fourth-order valence-electron chi connectivity index (χ4n) is 2.35. The number of benzene rings is 1. The SMILES string of the molecule is CCOC(=O)CCc1cccc(OS(=O)(=O)C(F)(F)F)c1C1CC1. The summed E-state index contributed by atoms with van der Waals surface area (Å²) in [5.41, 5.74) is -4.47. The van der Waals surface area contributed by atoms with Crippen molar-refractivity contribution >= 4 is 16.1 Å². The van der Waals surface area contributed by atoms with Crippen LogP contribution in [0.3, 0.4) is 0 Å². The summed E-state index contributed by atoms with van der Waals surface area (Å²) in [6.45, 7) is 1.91. The van der Waals surface area contributed by atoms with E-state index in [4.69, 9.17) is 4.74 Å². The van der Waals surface area contributed by atoms with Gasteiger partial charge in [-0.1, -0.05) is 12.1 Å². The van der Waals surface area contributed by atoms with Crippen LogP contribution in [0.25, 0.3) is 0 Å². The molecule has 0 aromatic heterocycles. The molecule has 0 N–H and O–H groups in total. The zero-order valence-corrected chi connectivity index (χ0v) is 13.7. The molecule has 1 aromatic carbocycles. The lowest BCUT2D eigenvalue weighted by Crippen LogP contribution is -2.28. The normalized spacial score (nSPS) is 15.2. The molecule has 5 nitrogen and oxygen atoms in total. The van der Waals surface area contributed by atoms with Crippen molar-refractivity contribution in [2.75, 3.05) is 6.61 Å². The molecule has 1 aliphatic rings. The van der Waals surface area contributed by atoms with E-state index in [0.29, 0.717) is 11.1 Å². The molecule has 1 aromatic rings. The first-order valence-corrected chi connectivity index (χ1v) is 8.84. The van der Waals surface area contributed by atoms with Gasteiger partial charge in [0.1, 0.15) is 5.75 Å². The molecule has 1 aliphatic carbocycles. The molecule has 0 radical (unpaired) electrons.